The van der Waals surface area contributed by atoms with Crippen molar-refractivity contribution in [2.75, 3.05) is 17.7 Å². The van der Waals surface area contributed by atoms with Crippen LogP contribution >= 0.6 is 0 Å². The van der Waals surface area contributed by atoms with Crippen molar-refractivity contribution in [2.24, 2.45) is 0 Å². The second-order valence-electron chi connectivity index (χ2n) is 6.28. The summed E-state index contributed by atoms with van der Waals surface area (Å²) in [6.07, 6.45) is 1.65. The number of hydrogen-bond acceptors (Lipinski definition) is 5. The van der Waals surface area contributed by atoms with E-state index in [-0.39, 0.29) is 6.03 Å². The molecule has 8 nitrogen and oxygen atoms in total. The third kappa shape index (κ3) is 4.62. The Morgan fingerprint density at radius 2 is 1.90 bits per heavy atom. The number of rotatable bonds is 6. The lowest BCUT2D eigenvalue weighted by molar-refractivity contribution is 0.254. The average Bonchev–Trinajstić information content (AvgIpc) is 3.14. The highest BCUT2D eigenvalue weighted by Crippen LogP contribution is 2.22. The number of urea groups is 1. The highest BCUT2D eigenvalue weighted by Gasteiger charge is 2.07. The third-order valence-corrected chi connectivity index (χ3v) is 4.14. The van der Waals surface area contributed by atoms with Gasteiger partial charge in [0, 0.05) is 18.8 Å². The summed E-state index contributed by atoms with van der Waals surface area (Å²) in [5.41, 5.74) is 2.59. The van der Waals surface area contributed by atoms with Crippen LogP contribution in [0, 0.1) is 0 Å². The van der Waals surface area contributed by atoms with E-state index in [1.54, 1.807) is 17.8 Å². The molecule has 0 saturated carbocycles. The molecule has 3 N–H and O–H groups in total. The summed E-state index contributed by atoms with van der Waals surface area (Å²) in [5.74, 6) is 1.83. The molecule has 29 heavy (non-hydrogen) atoms. The number of carbonyl (C=O) groups is 1. The van der Waals surface area contributed by atoms with Crippen LogP contribution in [0.5, 0.6) is 5.75 Å². The number of benzene rings is 2. The van der Waals surface area contributed by atoms with Gasteiger partial charge >= 0.3 is 6.03 Å². The number of anilines is 3. The number of hydrogen-bond donors (Lipinski definition) is 3. The first-order valence-electron chi connectivity index (χ1n) is 9.08. The summed E-state index contributed by atoms with van der Waals surface area (Å²) in [6.45, 7) is 0.505. The van der Waals surface area contributed by atoms with E-state index in [1.807, 2.05) is 66.7 Å². The molecule has 2 aromatic carbocycles. The van der Waals surface area contributed by atoms with Crippen LogP contribution in [-0.2, 0) is 6.61 Å². The number of nitrogens with one attached hydrogen (secondary N) is 3. The van der Waals surface area contributed by atoms with Crippen molar-refractivity contribution in [1.82, 2.24) is 19.9 Å². The molecular weight excluding hydrogens is 368 g/mol. The zero-order chi connectivity index (χ0) is 20.1. The molecule has 2 heterocycles. The van der Waals surface area contributed by atoms with E-state index >= 15 is 0 Å². The molecule has 4 rings (SSSR count). The summed E-state index contributed by atoms with van der Waals surface area (Å²) < 4.78 is 7.47. The van der Waals surface area contributed by atoms with E-state index in [0.29, 0.717) is 23.9 Å². The smallest absolute Gasteiger partial charge is 0.320 e. The summed E-state index contributed by atoms with van der Waals surface area (Å²) in [5, 5.41) is 12.8. The topological polar surface area (TPSA) is 92.6 Å². The SMILES string of the molecule is CNC(=O)Nc1cn2nc(Nc3cccc(OCc4ccccc4)c3)ccc2n1. The van der Waals surface area contributed by atoms with Crippen LogP contribution in [0.2, 0.25) is 0 Å². The van der Waals surface area contributed by atoms with Crippen molar-refractivity contribution in [2.45, 2.75) is 6.61 Å². The van der Waals surface area contributed by atoms with Crippen LogP contribution in [0.25, 0.3) is 5.65 Å². The molecule has 0 spiro atoms. The molecule has 0 radical (unpaired) electrons. The molecule has 0 unspecified atom stereocenters. The molecule has 0 fully saturated rings. The average molecular weight is 388 g/mol. The van der Waals surface area contributed by atoms with Gasteiger partial charge in [0.05, 0.1) is 6.20 Å². The van der Waals surface area contributed by atoms with E-state index < -0.39 is 0 Å². The van der Waals surface area contributed by atoms with Crippen LogP contribution in [0.3, 0.4) is 0 Å². The van der Waals surface area contributed by atoms with Gasteiger partial charge in [0.25, 0.3) is 0 Å². The largest absolute Gasteiger partial charge is 0.489 e. The number of amides is 2. The van der Waals surface area contributed by atoms with Gasteiger partial charge in [0.1, 0.15) is 12.4 Å². The van der Waals surface area contributed by atoms with E-state index in [9.17, 15) is 4.79 Å². The first-order valence-corrected chi connectivity index (χ1v) is 9.08. The molecule has 4 aromatic rings. The van der Waals surface area contributed by atoms with Gasteiger partial charge in [-0.2, -0.15) is 0 Å². The van der Waals surface area contributed by atoms with Crippen LogP contribution in [-0.4, -0.2) is 27.7 Å². The molecule has 0 saturated heterocycles. The minimum absolute atomic E-state index is 0.334. The summed E-state index contributed by atoms with van der Waals surface area (Å²) in [6, 6.07) is 21.0. The van der Waals surface area contributed by atoms with Crippen molar-refractivity contribution in [3.05, 3.63) is 78.5 Å². The fraction of sp³-hybridized carbons (Fsp3) is 0.0952. The molecule has 8 heteroatoms. The Bertz CT molecular complexity index is 1130. The molecular formula is C21H20N6O2. The summed E-state index contributed by atoms with van der Waals surface area (Å²) in [4.78, 5) is 15.7. The lowest BCUT2D eigenvalue weighted by Crippen LogP contribution is -2.24. The van der Waals surface area contributed by atoms with E-state index in [2.05, 4.69) is 26.0 Å². The van der Waals surface area contributed by atoms with Crippen LogP contribution in [0.4, 0.5) is 22.1 Å². The van der Waals surface area contributed by atoms with E-state index in [1.165, 1.54) is 0 Å². The van der Waals surface area contributed by atoms with Gasteiger partial charge in [-0.3, -0.25) is 5.32 Å². The molecule has 0 atom stereocenters. The molecule has 146 valence electrons. The minimum Gasteiger partial charge on any atom is -0.489 e. The second kappa shape index (κ2) is 8.30. The van der Waals surface area contributed by atoms with Gasteiger partial charge in [-0.15, -0.1) is 5.10 Å². The summed E-state index contributed by atoms with van der Waals surface area (Å²) in [7, 11) is 1.54. The molecule has 0 aliphatic heterocycles. The maximum absolute atomic E-state index is 11.4. The Balaban J connectivity index is 1.45. The first kappa shape index (κ1) is 18.3. The van der Waals surface area contributed by atoms with Gasteiger partial charge in [0.2, 0.25) is 0 Å². The zero-order valence-corrected chi connectivity index (χ0v) is 15.8. The predicted octanol–water partition coefficient (Wildman–Crippen LogP) is 3.80. The number of nitrogens with zero attached hydrogens (tertiary/aromatic N) is 3. The van der Waals surface area contributed by atoms with Crippen LogP contribution < -0.4 is 20.7 Å². The quantitative estimate of drug-likeness (QED) is 0.467. The molecule has 0 aliphatic carbocycles. The molecule has 2 aromatic heterocycles. The molecule has 2 amide bonds. The fourth-order valence-electron chi connectivity index (χ4n) is 2.74. The maximum atomic E-state index is 11.4. The van der Waals surface area contributed by atoms with E-state index in [4.69, 9.17) is 4.74 Å². The number of ether oxygens (including phenoxy) is 1. The summed E-state index contributed by atoms with van der Waals surface area (Å²) >= 11 is 0. The Morgan fingerprint density at radius 3 is 2.72 bits per heavy atom. The monoisotopic (exact) mass is 388 g/mol. The van der Waals surface area contributed by atoms with E-state index in [0.717, 1.165) is 17.0 Å². The minimum atomic E-state index is -0.334. The van der Waals surface area contributed by atoms with Crippen molar-refractivity contribution < 1.29 is 9.53 Å². The van der Waals surface area contributed by atoms with Crippen LogP contribution in [0.1, 0.15) is 5.56 Å². The maximum Gasteiger partial charge on any atom is 0.320 e. The number of fused-ring (bicyclic) bond motifs is 1. The van der Waals surface area contributed by atoms with Gasteiger partial charge in [-0.1, -0.05) is 36.4 Å². The molecule has 0 bridgehead atoms. The Labute approximate surface area is 167 Å². The number of carbonyl (C=O) groups excluding carboxylic acids is 1. The lowest BCUT2D eigenvalue weighted by atomic mass is 10.2. The standard InChI is InChI=1S/C21H20N6O2/c1-22-21(28)25-19-13-27-20(24-19)11-10-18(26-27)23-16-8-5-9-17(12-16)29-14-15-6-3-2-4-7-15/h2-13H,14H2,1H3,(H,23,26)(H2,22,25,28). The fourth-order valence-corrected chi connectivity index (χ4v) is 2.74. The second-order valence-corrected chi connectivity index (χ2v) is 6.28. The number of imidazole rings is 1. The van der Waals surface area contributed by atoms with Gasteiger partial charge in [-0.05, 0) is 29.8 Å². The third-order valence-electron chi connectivity index (χ3n) is 4.14. The van der Waals surface area contributed by atoms with Crippen molar-refractivity contribution in [3.63, 3.8) is 0 Å². The highest BCUT2D eigenvalue weighted by atomic mass is 16.5. The molecule has 0 aliphatic rings. The Morgan fingerprint density at radius 1 is 1.03 bits per heavy atom. The predicted molar refractivity (Wildman–Crippen MR) is 112 cm³/mol. The first-order chi connectivity index (χ1) is 14.2. The normalized spacial score (nSPS) is 10.5. The Hall–Kier alpha value is -4.07. The van der Waals surface area contributed by atoms with Crippen molar-refractivity contribution in [3.8, 4) is 5.75 Å². The Kier molecular flexibility index (Phi) is 5.24. The van der Waals surface area contributed by atoms with Gasteiger partial charge in [0.15, 0.2) is 17.3 Å². The number of aromatic nitrogens is 3. The highest BCUT2D eigenvalue weighted by molar-refractivity contribution is 5.88. The van der Waals surface area contributed by atoms with Crippen LogP contribution in [0.15, 0.2) is 72.9 Å². The van der Waals surface area contributed by atoms with Gasteiger partial charge < -0.3 is 15.4 Å². The lowest BCUT2D eigenvalue weighted by Gasteiger charge is -2.09. The van der Waals surface area contributed by atoms with Crippen molar-refractivity contribution >= 4 is 29.0 Å². The van der Waals surface area contributed by atoms with Crippen molar-refractivity contribution in [1.29, 1.82) is 0 Å². The van der Waals surface area contributed by atoms with Gasteiger partial charge in [-0.25, -0.2) is 14.3 Å². The zero-order valence-electron chi connectivity index (χ0n) is 15.8.